The molecule has 0 unspecified atom stereocenters. The Labute approximate surface area is 178 Å². The molecule has 0 radical (unpaired) electrons. The van der Waals surface area contributed by atoms with Crippen molar-refractivity contribution in [1.82, 2.24) is 4.90 Å². The van der Waals surface area contributed by atoms with Gasteiger partial charge < -0.3 is 9.47 Å². The van der Waals surface area contributed by atoms with Crippen molar-refractivity contribution in [2.75, 3.05) is 32.8 Å². The number of halogens is 5. The van der Waals surface area contributed by atoms with E-state index in [1.807, 2.05) is 11.0 Å². The minimum Gasteiger partial charge on any atom is -0.451 e. The molecule has 1 aliphatic heterocycles. The second-order valence-electron chi connectivity index (χ2n) is 7.20. The van der Waals surface area contributed by atoms with Crippen LogP contribution >= 0.6 is 12.4 Å². The summed E-state index contributed by atoms with van der Waals surface area (Å²) in [5.41, 5.74) is 1.41. The smallest absolute Gasteiger partial charge is 0.205 e. The first kappa shape index (κ1) is 22.6. The lowest BCUT2D eigenvalue weighted by atomic mass is 10.1. The molecule has 0 bridgehead atoms. The van der Waals surface area contributed by atoms with Crippen LogP contribution in [-0.2, 0) is 17.6 Å². The van der Waals surface area contributed by atoms with E-state index in [0.717, 1.165) is 36.5 Å². The predicted molar refractivity (Wildman–Crippen MR) is 108 cm³/mol. The number of nitrogens with zero attached hydrogens (tertiary/aromatic N) is 1. The lowest BCUT2D eigenvalue weighted by molar-refractivity contribution is 0.0435. The van der Waals surface area contributed by atoms with Crippen molar-refractivity contribution in [3.05, 3.63) is 64.2 Å². The second-order valence-corrected chi connectivity index (χ2v) is 7.20. The number of morpholine rings is 1. The molecule has 0 aromatic heterocycles. The Hall–Kier alpha value is -2.09. The SMILES string of the molecule is Cl.Fc1c(F)c(Oc2ccc3c(c2)CCC3)c(F)c(F)c1C=CCN1CCOCC1. The summed E-state index contributed by atoms with van der Waals surface area (Å²) in [6.45, 7) is 2.93. The van der Waals surface area contributed by atoms with E-state index < -0.39 is 34.6 Å². The Morgan fingerprint density at radius 2 is 1.60 bits per heavy atom. The maximum absolute atomic E-state index is 14.5. The zero-order valence-corrected chi connectivity index (χ0v) is 17.0. The van der Waals surface area contributed by atoms with Gasteiger partial charge in [0.2, 0.25) is 17.4 Å². The third kappa shape index (κ3) is 4.63. The van der Waals surface area contributed by atoms with E-state index in [9.17, 15) is 17.6 Å². The summed E-state index contributed by atoms with van der Waals surface area (Å²) in [4.78, 5) is 2.01. The van der Waals surface area contributed by atoms with Crippen LogP contribution in [0.1, 0.15) is 23.1 Å². The van der Waals surface area contributed by atoms with Crippen LogP contribution < -0.4 is 4.74 Å². The van der Waals surface area contributed by atoms with Gasteiger partial charge in [0.25, 0.3) is 0 Å². The minimum atomic E-state index is -1.55. The number of benzene rings is 2. The first-order chi connectivity index (χ1) is 14.0. The molecule has 8 heteroatoms. The summed E-state index contributed by atoms with van der Waals surface area (Å²) < 4.78 is 68.3. The first-order valence-electron chi connectivity index (χ1n) is 9.67. The lowest BCUT2D eigenvalue weighted by Crippen LogP contribution is -2.36. The molecule has 0 N–H and O–H groups in total. The van der Waals surface area contributed by atoms with E-state index in [1.165, 1.54) is 6.08 Å². The van der Waals surface area contributed by atoms with Gasteiger partial charge in [-0.2, -0.15) is 8.78 Å². The highest BCUT2D eigenvalue weighted by Gasteiger charge is 2.26. The molecule has 0 amide bonds. The number of rotatable bonds is 5. The zero-order chi connectivity index (χ0) is 20.4. The van der Waals surface area contributed by atoms with Crippen molar-refractivity contribution in [2.24, 2.45) is 0 Å². The zero-order valence-electron chi connectivity index (χ0n) is 16.2. The molecule has 1 fully saturated rings. The molecule has 2 aliphatic rings. The van der Waals surface area contributed by atoms with Gasteiger partial charge >= 0.3 is 0 Å². The fraction of sp³-hybridized carbons (Fsp3) is 0.364. The average molecular weight is 444 g/mol. The van der Waals surface area contributed by atoms with Gasteiger partial charge in [-0.3, -0.25) is 4.90 Å². The van der Waals surface area contributed by atoms with Crippen LogP contribution in [0, 0.1) is 23.3 Å². The van der Waals surface area contributed by atoms with Gasteiger partial charge in [0.05, 0.1) is 18.8 Å². The van der Waals surface area contributed by atoms with Gasteiger partial charge in [0.1, 0.15) is 5.75 Å². The molecular weight excluding hydrogens is 422 g/mol. The Morgan fingerprint density at radius 1 is 0.933 bits per heavy atom. The highest BCUT2D eigenvalue weighted by Crippen LogP contribution is 2.35. The fourth-order valence-corrected chi connectivity index (χ4v) is 3.70. The maximum atomic E-state index is 14.5. The quantitative estimate of drug-likeness (QED) is 0.463. The summed E-state index contributed by atoms with van der Waals surface area (Å²) in [5, 5.41) is 0. The minimum absolute atomic E-state index is 0. The van der Waals surface area contributed by atoms with Gasteiger partial charge in [-0.15, -0.1) is 12.4 Å². The Kier molecular flexibility index (Phi) is 7.39. The van der Waals surface area contributed by atoms with E-state index in [-0.39, 0.29) is 18.2 Å². The monoisotopic (exact) mass is 443 g/mol. The molecule has 3 nitrogen and oxygen atoms in total. The molecule has 30 heavy (non-hydrogen) atoms. The highest BCUT2D eigenvalue weighted by molar-refractivity contribution is 5.85. The topological polar surface area (TPSA) is 21.7 Å². The largest absolute Gasteiger partial charge is 0.451 e. The van der Waals surface area contributed by atoms with Crippen LogP contribution in [0.4, 0.5) is 17.6 Å². The van der Waals surface area contributed by atoms with Crippen LogP contribution in [0.25, 0.3) is 6.08 Å². The van der Waals surface area contributed by atoms with Crippen molar-refractivity contribution in [2.45, 2.75) is 19.3 Å². The van der Waals surface area contributed by atoms with E-state index in [4.69, 9.17) is 9.47 Å². The van der Waals surface area contributed by atoms with Gasteiger partial charge in [0.15, 0.2) is 11.6 Å². The van der Waals surface area contributed by atoms with Crippen LogP contribution in [0.15, 0.2) is 24.3 Å². The molecule has 1 heterocycles. The van der Waals surface area contributed by atoms with E-state index in [2.05, 4.69) is 0 Å². The van der Waals surface area contributed by atoms with E-state index >= 15 is 0 Å². The predicted octanol–water partition coefficient (Wildman–Crippen LogP) is 5.29. The van der Waals surface area contributed by atoms with E-state index in [1.54, 1.807) is 12.1 Å². The van der Waals surface area contributed by atoms with Crippen molar-refractivity contribution >= 4 is 18.5 Å². The van der Waals surface area contributed by atoms with E-state index in [0.29, 0.717) is 32.8 Å². The van der Waals surface area contributed by atoms with Crippen molar-refractivity contribution in [3.63, 3.8) is 0 Å². The molecule has 1 saturated heterocycles. The molecule has 1 aliphatic carbocycles. The molecule has 0 atom stereocenters. The number of fused-ring (bicyclic) bond motifs is 1. The molecule has 0 saturated carbocycles. The normalized spacial score (nSPS) is 16.5. The first-order valence-corrected chi connectivity index (χ1v) is 9.67. The molecular formula is C22H22ClF4NO2. The molecule has 162 valence electrons. The van der Waals surface area contributed by atoms with Crippen LogP contribution in [0.5, 0.6) is 11.5 Å². The molecule has 2 aromatic carbocycles. The maximum Gasteiger partial charge on any atom is 0.205 e. The van der Waals surface area contributed by atoms with Crippen LogP contribution in [0.3, 0.4) is 0 Å². The third-order valence-corrected chi connectivity index (χ3v) is 5.30. The average Bonchev–Trinajstić information content (AvgIpc) is 3.21. The number of hydrogen-bond donors (Lipinski definition) is 0. The molecule has 2 aromatic rings. The lowest BCUT2D eigenvalue weighted by Gasteiger charge is -2.25. The van der Waals surface area contributed by atoms with Crippen molar-refractivity contribution in [3.8, 4) is 11.5 Å². The van der Waals surface area contributed by atoms with Gasteiger partial charge in [-0.25, -0.2) is 8.78 Å². The molecule has 4 rings (SSSR count). The summed E-state index contributed by atoms with van der Waals surface area (Å²) in [6, 6.07) is 5.02. The van der Waals surface area contributed by atoms with Crippen LogP contribution in [-0.4, -0.2) is 37.7 Å². The summed E-state index contributed by atoms with van der Waals surface area (Å²) >= 11 is 0. The summed E-state index contributed by atoms with van der Waals surface area (Å²) in [6.07, 6.45) is 5.31. The fourth-order valence-electron chi connectivity index (χ4n) is 3.70. The Bertz CT molecular complexity index is 916. The van der Waals surface area contributed by atoms with Gasteiger partial charge in [-0.1, -0.05) is 18.2 Å². The third-order valence-electron chi connectivity index (χ3n) is 5.30. The van der Waals surface area contributed by atoms with Crippen LogP contribution in [0.2, 0.25) is 0 Å². The Balaban J connectivity index is 0.00000256. The Morgan fingerprint density at radius 3 is 2.30 bits per heavy atom. The second kappa shape index (κ2) is 9.81. The number of hydrogen-bond acceptors (Lipinski definition) is 3. The van der Waals surface area contributed by atoms with Crippen molar-refractivity contribution < 1.29 is 27.0 Å². The number of ether oxygens (including phenoxy) is 2. The molecule has 0 spiro atoms. The summed E-state index contributed by atoms with van der Waals surface area (Å²) in [7, 11) is 0. The highest BCUT2D eigenvalue weighted by atomic mass is 35.5. The number of aryl methyl sites for hydroxylation is 2. The standard InChI is InChI=1S/C22H21F4NO2.ClH/c23-18-17(5-2-8-27-9-11-28-12-10-27)19(24)21(26)22(20(18)25)29-16-7-6-14-3-1-4-15(14)13-16;/h2,5-7,13H,1,3-4,8-12H2;1H. The van der Waals surface area contributed by atoms with Gasteiger partial charge in [0, 0.05) is 19.6 Å². The van der Waals surface area contributed by atoms with Gasteiger partial charge in [-0.05, 0) is 42.5 Å². The summed E-state index contributed by atoms with van der Waals surface area (Å²) in [5.74, 6) is -6.96. The van der Waals surface area contributed by atoms with Crippen molar-refractivity contribution in [1.29, 1.82) is 0 Å².